The molecule has 0 fully saturated rings. The Morgan fingerprint density at radius 1 is 1.10 bits per heavy atom. The average molecular weight is 317 g/mol. The molecule has 0 spiro atoms. The Bertz CT molecular complexity index is 614. The van der Waals surface area contributed by atoms with E-state index in [1.54, 1.807) is 31.2 Å². The molecule has 0 saturated heterocycles. The molecule has 112 valence electrons. The monoisotopic (exact) mass is 316 g/mol. The molecule has 2 N–H and O–H groups in total. The summed E-state index contributed by atoms with van der Waals surface area (Å²) in [5.74, 6) is -1.04. The molecule has 0 amide bonds. The minimum atomic E-state index is -4.61. The van der Waals surface area contributed by atoms with E-state index in [1.807, 2.05) is 0 Å². The molecule has 0 aliphatic carbocycles. The maximum atomic E-state index is 12.8. The molecule has 21 heavy (non-hydrogen) atoms. The Morgan fingerprint density at radius 3 is 2.29 bits per heavy atom. The van der Waals surface area contributed by atoms with E-state index >= 15 is 0 Å². The highest BCUT2D eigenvalue weighted by molar-refractivity contribution is 6.30. The number of nitrogens with zero attached hydrogens (tertiary/aromatic N) is 2. The molecule has 0 bridgehead atoms. The third kappa shape index (κ3) is 4.22. The van der Waals surface area contributed by atoms with Gasteiger partial charge < -0.3 is 10.6 Å². The molecule has 1 aromatic heterocycles. The second-order valence-electron chi connectivity index (χ2n) is 4.12. The minimum absolute atomic E-state index is 0.0515. The lowest BCUT2D eigenvalue weighted by atomic mass is 10.3. The van der Waals surface area contributed by atoms with Gasteiger partial charge >= 0.3 is 6.18 Å². The van der Waals surface area contributed by atoms with Crippen molar-refractivity contribution in [3.8, 4) is 0 Å². The predicted octanol–water partition coefficient (Wildman–Crippen LogP) is 4.32. The van der Waals surface area contributed by atoms with Gasteiger partial charge in [-0.2, -0.15) is 13.2 Å². The summed E-state index contributed by atoms with van der Waals surface area (Å²) in [6.45, 7) is 2.22. The van der Waals surface area contributed by atoms with Crippen molar-refractivity contribution in [2.45, 2.75) is 13.1 Å². The maximum Gasteiger partial charge on any atom is 0.451 e. The van der Waals surface area contributed by atoms with Crippen LogP contribution < -0.4 is 10.6 Å². The molecular formula is C13H12ClF3N4. The summed E-state index contributed by atoms with van der Waals surface area (Å²) in [5.41, 5.74) is 0.577. The first-order chi connectivity index (χ1) is 9.88. The Morgan fingerprint density at radius 2 is 1.71 bits per heavy atom. The van der Waals surface area contributed by atoms with Crippen molar-refractivity contribution in [2.75, 3.05) is 17.2 Å². The fourth-order valence-corrected chi connectivity index (χ4v) is 1.72. The van der Waals surface area contributed by atoms with Crippen LogP contribution in [0.25, 0.3) is 0 Å². The van der Waals surface area contributed by atoms with Crippen LogP contribution in [0.4, 0.5) is 30.5 Å². The lowest BCUT2D eigenvalue weighted by molar-refractivity contribution is -0.144. The highest BCUT2D eigenvalue weighted by Gasteiger charge is 2.35. The second kappa shape index (κ2) is 6.17. The van der Waals surface area contributed by atoms with Gasteiger partial charge in [0.1, 0.15) is 11.6 Å². The van der Waals surface area contributed by atoms with Crippen LogP contribution in [0.3, 0.4) is 0 Å². The second-order valence-corrected chi connectivity index (χ2v) is 4.56. The Kier molecular flexibility index (Phi) is 4.52. The average Bonchev–Trinajstić information content (AvgIpc) is 2.41. The number of hydrogen-bond donors (Lipinski definition) is 2. The molecular weight excluding hydrogens is 305 g/mol. The first-order valence-electron chi connectivity index (χ1n) is 6.11. The van der Waals surface area contributed by atoms with Gasteiger partial charge in [0.15, 0.2) is 0 Å². The third-order valence-electron chi connectivity index (χ3n) is 2.45. The van der Waals surface area contributed by atoms with Crippen LogP contribution in [0, 0.1) is 0 Å². The van der Waals surface area contributed by atoms with Gasteiger partial charge in [-0.25, -0.2) is 9.97 Å². The molecule has 1 aromatic carbocycles. The molecule has 0 aliphatic rings. The van der Waals surface area contributed by atoms with E-state index in [1.165, 1.54) is 6.07 Å². The van der Waals surface area contributed by atoms with E-state index in [0.29, 0.717) is 17.3 Å². The van der Waals surface area contributed by atoms with E-state index in [4.69, 9.17) is 11.6 Å². The maximum absolute atomic E-state index is 12.8. The SMILES string of the molecule is CCNc1cc(Nc2ccc(Cl)cc2)nc(C(F)(F)F)n1. The summed E-state index contributed by atoms with van der Waals surface area (Å²) in [6, 6.07) is 7.95. The molecule has 0 unspecified atom stereocenters. The predicted molar refractivity (Wildman–Crippen MR) is 75.9 cm³/mol. The van der Waals surface area contributed by atoms with Crippen molar-refractivity contribution < 1.29 is 13.2 Å². The molecule has 0 atom stereocenters. The van der Waals surface area contributed by atoms with E-state index in [9.17, 15) is 13.2 Å². The molecule has 4 nitrogen and oxygen atoms in total. The summed E-state index contributed by atoms with van der Waals surface area (Å²) < 4.78 is 38.3. The van der Waals surface area contributed by atoms with Crippen molar-refractivity contribution in [3.63, 3.8) is 0 Å². The van der Waals surface area contributed by atoms with Crippen molar-refractivity contribution in [3.05, 3.63) is 41.2 Å². The first-order valence-corrected chi connectivity index (χ1v) is 6.49. The van der Waals surface area contributed by atoms with E-state index in [2.05, 4.69) is 20.6 Å². The highest BCUT2D eigenvalue weighted by atomic mass is 35.5. The highest BCUT2D eigenvalue weighted by Crippen LogP contribution is 2.29. The minimum Gasteiger partial charge on any atom is -0.370 e. The summed E-state index contributed by atoms with van der Waals surface area (Å²) >= 11 is 5.75. The smallest absolute Gasteiger partial charge is 0.370 e. The fourth-order valence-electron chi connectivity index (χ4n) is 1.59. The summed E-state index contributed by atoms with van der Waals surface area (Å²) in [4.78, 5) is 6.93. The van der Waals surface area contributed by atoms with Crippen LogP contribution in [0.2, 0.25) is 5.02 Å². The van der Waals surface area contributed by atoms with Crippen LogP contribution in [0.1, 0.15) is 12.7 Å². The molecule has 0 aliphatic heterocycles. The van der Waals surface area contributed by atoms with E-state index < -0.39 is 12.0 Å². The van der Waals surface area contributed by atoms with Gasteiger partial charge in [-0.3, -0.25) is 0 Å². The van der Waals surface area contributed by atoms with Crippen molar-refractivity contribution in [2.24, 2.45) is 0 Å². The van der Waals surface area contributed by atoms with Crippen LogP contribution >= 0.6 is 11.6 Å². The van der Waals surface area contributed by atoms with Crippen LogP contribution in [0.15, 0.2) is 30.3 Å². The van der Waals surface area contributed by atoms with Crippen LogP contribution in [0.5, 0.6) is 0 Å². The van der Waals surface area contributed by atoms with Gasteiger partial charge in [0.25, 0.3) is 0 Å². The number of hydrogen-bond acceptors (Lipinski definition) is 4. The van der Waals surface area contributed by atoms with Gasteiger partial charge in [0, 0.05) is 23.3 Å². The summed E-state index contributed by atoms with van der Waals surface area (Å²) in [6.07, 6.45) is -4.61. The zero-order chi connectivity index (χ0) is 15.5. The number of anilines is 3. The third-order valence-corrected chi connectivity index (χ3v) is 2.71. The van der Waals surface area contributed by atoms with Crippen molar-refractivity contribution in [1.29, 1.82) is 0 Å². The Labute approximate surface area is 124 Å². The standard InChI is InChI=1S/C13H12ClF3N4/c1-2-18-10-7-11(21-12(20-10)13(15,16)17)19-9-5-3-8(14)4-6-9/h3-7H,2H2,1H3,(H2,18,19,20,21). The Hall–Kier alpha value is -2.02. The molecule has 1 heterocycles. The quantitative estimate of drug-likeness (QED) is 0.881. The summed E-state index contributed by atoms with van der Waals surface area (Å²) in [7, 11) is 0. The molecule has 2 rings (SSSR count). The Balaban J connectivity index is 2.33. The lowest BCUT2D eigenvalue weighted by Crippen LogP contribution is -2.14. The fraction of sp³-hybridized carbons (Fsp3) is 0.231. The van der Waals surface area contributed by atoms with E-state index in [-0.39, 0.29) is 11.6 Å². The van der Waals surface area contributed by atoms with Gasteiger partial charge in [-0.1, -0.05) is 11.6 Å². The zero-order valence-corrected chi connectivity index (χ0v) is 11.8. The number of halogens is 4. The van der Waals surface area contributed by atoms with Crippen LogP contribution in [-0.4, -0.2) is 16.5 Å². The normalized spacial score (nSPS) is 11.3. The largest absolute Gasteiger partial charge is 0.451 e. The van der Waals surface area contributed by atoms with Gasteiger partial charge in [-0.05, 0) is 31.2 Å². The number of rotatable bonds is 4. The molecule has 8 heteroatoms. The molecule has 0 radical (unpaired) electrons. The topological polar surface area (TPSA) is 49.8 Å². The van der Waals surface area contributed by atoms with Crippen molar-refractivity contribution in [1.82, 2.24) is 9.97 Å². The lowest BCUT2D eigenvalue weighted by Gasteiger charge is -2.12. The number of aromatic nitrogens is 2. The number of benzene rings is 1. The molecule has 0 saturated carbocycles. The first kappa shape index (κ1) is 15.4. The van der Waals surface area contributed by atoms with Crippen LogP contribution in [-0.2, 0) is 6.18 Å². The number of alkyl halides is 3. The van der Waals surface area contributed by atoms with Crippen molar-refractivity contribution >= 4 is 28.9 Å². The van der Waals surface area contributed by atoms with Gasteiger partial charge in [0.2, 0.25) is 5.82 Å². The van der Waals surface area contributed by atoms with E-state index in [0.717, 1.165) is 0 Å². The summed E-state index contributed by atoms with van der Waals surface area (Å²) in [5, 5.41) is 6.07. The number of nitrogens with one attached hydrogen (secondary N) is 2. The molecule has 2 aromatic rings. The zero-order valence-electron chi connectivity index (χ0n) is 11.0. The van der Waals surface area contributed by atoms with Gasteiger partial charge in [0.05, 0.1) is 0 Å². The van der Waals surface area contributed by atoms with Gasteiger partial charge in [-0.15, -0.1) is 0 Å².